The van der Waals surface area contributed by atoms with Gasteiger partial charge >= 0.3 is 0 Å². The van der Waals surface area contributed by atoms with E-state index in [1.165, 1.54) is 17.0 Å². The van der Waals surface area contributed by atoms with Crippen molar-refractivity contribution in [2.45, 2.75) is 0 Å². The number of hydrogen-bond donors (Lipinski definition) is 0. The molecule has 5 heteroatoms. The van der Waals surface area contributed by atoms with Crippen molar-refractivity contribution in [1.29, 1.82) is 5.26 Å². The molecular weight excluding hydrogens is 209 g/mol. The van der Waals surface area contributed by atoms with Crippen molar-refractivity contribution >= 4 is 11.6 Å². The van der Waals surface area contributed by atoms with Crippen LogP contribution in [-0.2, 0) is 4.79 Å². The van der Waals surface area contributed by atoms with Gasteiger partial charge in [-0.15, -0.1) is 0 Å². The van der Waals surface area contributed by atoms with Gasteiger partial charge in [-0.05, 0) is 12.1 Å². The normalized spacial score (nSPS) is 15.4. The molecule has 1 aliphatic heterocycles. The van der Waals surface area contributed by atoms with E-state index in [9.17, 15) is 9.18 Å². The topological polar surface area (TPSA) is 47.3 Å². The summed E-state index contributed by atoms with van der Waals surface area (Å²) in [6.45, 7) is 0.575. The second kappa shape index (κ2) is 3.81. The molecule has 1 fully saturated rings. The molecule has 0 aliphatic carbocycles. The molecule has 1 aromatic carbocycles. The lowest BCUT2D eigenvalue weighted by molar-refractivity contribution is -0.125. The van der Waals surface area contributed by atoms with Gasteiger partial charge in [0.25, 0.3) is 0 Å². The largest absolute Gasteiger partial charge is 0.343 e. The zero-order valence-corrected chi connectivity index (χ0v) is 8.77. The Labute approximate surface area is 92.5 Å². The van der Waals surface area contributed by atoms with E-state index in [-0.39, 0.29) is 18.0 Å². The summed E-state index contributed by atoms with van der Waals surface area (Å²) in [4.78, 5) is 14.6. The predicted molar refractivity (Wildman–Crippen MR) is 56.1 cm³/mol. The van der Waals surface area contributed by atoms with Crippen molar-refractivity contribution in [1.82, 2.24) is 4.90 Å². The highest BCUT2D eigenvalue weighted by atomic mass is 19.1. The summed E-state index contributed by atoms with van der Waals surface area (Å²) in [5, 5.41) is 8.88. The molecule has 0 saturated carbocycles. The number of carbonyl (C=O) groups excluding carboxylic acids is 1. The molecule has 0 N–H and O–H groups in total. The Bertz CT molecular complexity index is 481. The summed E-state index contributed by atoms with van der Waals surface area (Å²) in [5.41, 5.74) is 0.464. The molecule has 1 aliphatic rings. The standard InChI is InChI=1S/C11H10FN3O/c1-14-7-15(6-11(14)16)10-4-2-3-9(12)8(10)5-13/h2-4H,6-7H2,1H3. The molecule has 0 spiro atoms. The van der Waals surface area contributed by atoms with Crippen LogP contribution < -0.4 is 4.90 Å². The maximum atomic E-state index is 13.4. The fourth-order valence-corrected chi connectivity index (χ4v) is 1.72. The average molecular weight is 219 g/mol. The van der Waals surface area contributed by atoms with Crippen LogP contribution in [-0.4, -0.2) is 31.1 Å². The van der Waals surface area contributed by atoms with Crippen molar-refractivity contribution in [2.24, 2.45) is 0 Å². The molecule has 0 atom stereocenters. The van der Waals surface area contributed by atoms with Gasteiger partial charge in [-0.25, -0.2) is 4.39 Å². The van der Waals surface area contributed by atoms with Crippen LogP contribution in [0.4, 0.5) is 10.1 Å². The van der Waals surface area contributed by atoms with Crippen LogP contribution in [0.1, 0.15) is 5.56 Å². The number of likely N-dealkylation sites (N-methyl/N-ethyl adjacent to an activating group) is 1. The summed E-state index contributed by atoms with van der Waals surface area (Å²) < 4.78 is 13.4. The maximum Gasteiger partial charge on any atom is 0.243 e. The molecule has 1 saturated heterocycles. The van der Waals surface area contributed by atoms with E-state index >= 15 is 0 Å². The van der Waals surface area contributed by atoms with Gasteiger partial charge in [0.15, 0.2) is 0 Å². The van der Waals surface area contributed by atoms with E-state index in [2.05, 4.69) is 0 Å². The molecule has 0 unspecified atom stereocenters. The molecule has 82 valence electrons. The minimum Gasteiger partial charge on any atom is -0.343 e. The third-order valence-corrected chi connectivity index (χ3v) is 2.58. The number of hydrogen-bond acceptors (Lipinski definition) is 3. The third kappa shape index (κ3) is 1.58. The highest BCUT2D eigenvalue weighted by molar-refractivity contribution is 5.85. The highest BCUT2D eigenvalue weighted by Crippen LogP contribution is 2.24. The van der Waals surface area contributed by atoms with Crippen LogP contribution in [0.5, 0.6) is 0 Å². The van der Waals surface area contributed by atoms with Crippen molar-refractivity contribution < 1.29 is 9.18 Å². The fraction of sp³-hybridized carbons (Fsp3) is 0.273. The quantitative estimate of drug-likeness (QED) is 0.706. The van der Waals surface area contributed by atoms with Crippen molar-refractivity contribution in [2.75, 3.05) is 25.2 Å². The lowest BCUT2D eigenvalue weighted by atomic mass is 10.1. The second-order valence-corrected chi connectivity index (χ2v) is 3.68. The first-order valence-corrected chi connectivity index (χ1v) is 4.81. The monoisotopic (exact) mass is 219 g/mol. The first-order chi connectivity index (χ1) is 7.63. The Morgan fingerprint density at radius 1 is 1.50 bits per heavy atom. The minimum absolute atomic E-state index is 0.00870. The zero-order valence-electron chi connectivity index (χ0n) is 8.77. The van der Waals surface area contributed by atoms with Crippen molar-refractivity contribution in [3.05, 3.63) is 29.6 Å². The molecule has 1 aromatic rings. The van der Waals surface area contributed by atoms with Gasteiger partial charge in [0.1, 0.15) is 17.4 Å². The number of nitrogens with zero attached hydrogens (tertiary/aromatic N) is 3. The molecule has 2 rings (SSSR count). The third-order valence-electron chi connectivity index (χ3n) is 2.58. The summed E-state index contributed by atoms with van der Waals surface area (Å²) >= 11 is 0. The van der Waals surface area contributed by atoms with Gasteiger partial charge in [-0.2, -0.15) is 5.26 Å². The SMILES string of the molecule is CN1CN(c2cccc(F)c2C#N)CC1=O. The summed E-state index contributed by atoms with van der Waals surface area (Å²) in [5.74, 6) is -0.588. The minimum atomic E-state index is -0.554. The zero-order chi connectivity index (χ0) is 11.7. The number of nitriles is 1. The Morgan fingerprint density at radius 3 is 2.81 bits per heavy atom. The van der Waals surface area contributed by atoms with Gasteiger partial charge in [-0.3, -0.25) is 4.79 Å². The Hall–Kier alpha value is -2.09. The highest BCUT2D eigenvalue weighted by Gasteiger charge is 2.26. The number of carbonyl (C=O) groups is 1. The van der Waals surface area contributed by atoms with E-state index in [4.69, 9.17) is 5.26 Å². The number of rotatable bonds is 1. The van der Waals surface area contributed by atoms with Gasteiger partial charge in [0.2, 0.25) is 5.91 Å². The van der Waals surface area contributed by atoms with Crippen LogP contribution in [0.2, 0.25) is 0 Å². The van der Waals surface area contributed by atoms with Crippen molar-refractivity contribution in [3.8, 4) is 6.07 Å². The van der Waals surface area contributed by atoms with Crippen LogP contribution >= 0.6 is 0 Å². The van der Waals surface area contributed by atoms with Crippen LogP contribution in [0, 0.1) is 17.1 Å². The molecule has 0 radical (unpaired) electrons. The summed E-state index contributed by atoms with van der Waals surface area (Å²) in [6, 6.07) is 6.25. The van der Waals surface area contributed by atoms with Gasteiger partial charge < -0.3 is 9.80 Å². The van der Waals surface area contributed by atoms with E-state index in [1.807, 2.05) is 6.07 Å². The maximum absolute atomic E-state index is 13.4. The van der Waals surface area contributed by atoms with E-state index in [0.717, 1.165) is 0 Å². The lowest BCUT2D eigenvalue weighted by Gasteiger charge is -2.18. The van der Waals surface area contributed by atoms with Gasteiger partial charge in [0.05, 0.1) is 18.9 Å². The number of anilines is 1. The summed E-state index contributed by atoms with van der Waals surface area (Å²) in [6.07, 6.45) is 0. The Morgan fingerprint density at radius 2 is 2.25 bits per heavy atom. The van der Waals surface area contributed by atoms with Crippen LogP contribution in [0.3, 0.4) is 0 Å². The average Bonchev–Trinajstić information content (AvgIpc) is 2.59. The molecule has 0 aromatic heterocycles. The van der Waals surface area contributed by atoms with Crippen LogP contribution in [0.15, 0.2) is 18.2 Å². The second-order valence-electron chi connectivity index (χ2n) is 3.68. The molecule has 0 bridgehead atoms. The van der Waals surface area contributed by atoms with Gasteiger partial charge in [-0.1, -0.05) is 6.07 Å². The lowest BCUT2D eigenvalue weighted by Crippen LogP contribution is -2.23. The number of benzene rings is 1. The first-order valence-electron chi connectivity index (χ1n) is 4.81. The first kappa shape index (κ1) is 10.4. The van der Waals surface area contributed by atoms with Crippen LogP contribution in [0.25, 0.3) is 0 Å². The van der Waals surface area contributed by atoms with E-state index in [0.29, 0.717) is 12.4 Å². The molecule has 16 heavy (non-hydrogen) atoms. The smallest absolute Gasteiger partial charge is 0.243 e. The fourth-order valence-electron chi connectivity index (χ4n) is 1.72. The number of halogens is 1. The molecule has 1 amide bonds. The molecule has 4 nitrogen and oxygen atoms in total. The van der Waals surface area contributed by atoms with Gasteiger partial charge in [0, 0.05) is 7.05 Å². The predicted octanol–water partition coefficient (Wildman–Crippen LogP) is 0.933. The Kier molecular flexibility index (Phi) is 2.49. The van der Waals surface area contributed by atoms with Crippen molar-refractivity contribution in [3.63, 3.8) is 0 Å². The van der Waals surface area contributed by atoms with E-state index < -0.39 is 5.82 Å². The summed E-state index contributed by atoms with van der Waals surface area (Å²) in [7, 11) is 1.67. The van der Waals surface area contributed by atoms with E-state index in [1.54, 1.807) is 18.0 Å². The number of amides is 1. The molecule has 1 heterocycles. The Balaban J connectivity index is 2.39. The molecular formula is C11H10FN3O.